The Labute approximate surface area is 128 Å². The number of hydrogen-bond donors (Lipinski definition) is 2. The van der Waals surface area contributed by atoms with Gasteiger partial charge in [-0.15, -0.1) is 0 Å². The van der Waals surface area contributed by atoms with Gasteiger partial charge in [-0.05, 0) is 66.5 Å². The molecule has 21 heavy (non-hydrogen) atoms. The van der Waals surface area contributed by atoms with E-state index < -0.39 is 5.60 Å². The maximum absolute atomic E-state index is 11.9. The van der Waals surface area contributed by atoms with Crippen LogP contribution in [0.4, 0.5) is 4.79 Å². The number of likely N-dealkylation sites (N-methyl/N-ethyl adjacent to an activating group) is 1. The Kier molecular flexibility index (Phi) is 5.49. The van der Waals surface area contributed by atoms with Gasteiger partial charge in [0.2, 0.25) is 0 Å². The Hall–Kier alpha value is -0.810. The van der Waals surface area contributed by atoms with E-state index in [1.165, 1.54) is 25.8 Å². The molecule has 122 valence electrons. The van der Waals surface area contributed by atoms with E-state index in [-0.39, 0.29) is 12.1 Å². The third kappa shape index (κ3) is 5.47. The number of alkyl carbamates (subject to hydrolysis) is 1. The van der Waals surface area contributed by atoms with Crippen LogP contribution in [0.3, 0.4) is 0 Å². The average Bonchev–Trinajstić information content (AvgIpc) is 2.74. The standard InChI is InChI=1S/C16H31N3O2/c1-16(2,3)21-15(20)18-14-9-5-8-13(14)17-12-7-6-10-19(4)11-12/h12-14,17H,5-11H2,1-4H3,(H,18,20). The summed E-state index contributed by atoms with van der Waals surface area (Å²) in [5.74, 6) is 0. The summed E-state index contributed by atoms with van der Waals surface area (Å²) in [6, 6.07) is 1.14. The average molecular weight is 297 g/mol. The van der Waals surface area contributed by atoms with Gasteiger partial charge in [0.1, 0.15) is 5.60 Å². The fourth-order valence-corrected chi connectivity index (χ4v) is 3.40. The second kappa shape index (κ2) is 6.97. The minimum Gasteiger partial charge on any atom is -0.444 e. The van der Waals surface area contributed by atoms with Crippen molar-refractivity contribution in [3.05, 3.63) is 0 Å². The zero-order valence-electron chi connectivity index (χ0n) is 13.9. The molecule has 0 spiro atoms. The first-order chi connectivity index (χ1) is 9.83. The summed E-state index contributed by atoms with van der Waals surface area (Å²) < 4.78 is 5.37. The first kappa shape index (κ1) is 16.6. The minimum atomic E-state index is -0.433. The largest absolute Gasteiger partial charge is 0.444 e. The number of piperidine rings is 1. The molecule has 1 heterocycles. The van der Waals surface area contributed by atoms with Crippen LogP contribution >= 0.6 is 0 Å². The summed E-state index contributed by atoms with van der Waals surface area (Å²) >= 11 is 0. The van der Waals surface area contributed by atoms with Gasteiger partial charge in [-0.3, -0.25) is 0 Å². The smallest absolute Gasteiger partial charge is 0.407 e. The second-order valence-electron chi connectivity index (χ2n) is 7.56. The van der Waals surface area contributed by atoms with Crippen molar-refractivity contribution in [1.29, 1.82) is 0 Å². The van der Waals surface area contributed by atoms with Gasteiger partial charge >= 0.3 is 6.09 Å². The van der Waals surface area contributed by atoms with Gasteiger partial charge in [0.05, 0.1) is 0 Å². The monoisotopic (exact) mass is 297 g/mol. The molecule has 3 atom stereocenters. The molecule has 1 aliphatic carbocycles. The minimum absolute atomic E-state index is 0.201. The molecule has 1 saturated carbocycles. The molecular formula is C16H31N3O2. The summed E-state index contributed by atoms with van der Waals surface area (Å²) in [5.41, 5.74) is -0.433. The van der Waals surface area contributed by atoms with Crippen molar-refractivity contribution in [3.63, 3.8) is 0 Å². The number of nitrogens with zero attached hydrogens (tertiary/aromatic N) is 1. The van der Waals surface area contributed by atoms with Gasteiger partial charge in [0.25, 0.3) is 0 Å². The zero-order valence-corrected chi connectivity index (χ0v) is 13.9. The molecule has 1 amide bonds. The Bertz CT molecular complexity index is 354. The van der Waals surface area contributed by atoms with Crippen molar-refractivity contribution < 1.29 is 9.53 Å². The molecular weight excluding hydrogens is 266 g/mol. The quantitative estimate of drug-likeness (QED) is 0.838. The molecule has 3 unspecified atom stereocenters. The normalized spacial score (nSPS) is 31.1. The van der Waals surface area contributed by atoms with E-state index in [9.17, 15) is 4.79 Å². The molecule has 2 aliphatic rings. The van der Waals surface area contributed by atoms with Crippen molar-refractivity contribution in [1.82, 2.24) is 15.5 Å². The van der Waals surface area contributed by atoms with Gasteiger partial charge in [-0.1, -0.05) is 0 Å². The van der Waals surface area contributed by atoms with Crippen molar-refractivity contribution >= 4 is 6.09 Å². The molecule has 0 bridgehead atoms. The highest BCUT2D eigenvalue weighted by Gasteiger charge is 2.32. The van der Waals surface area contributed by atoms with Gasteiger partial charge in [-0.2, -0.15) is 0 Å². The van der Waals surface area contributed by atoms with E-state index in [1.807, 2.05) is 20.8 Å². The lowest BCUT2D eigenvalue weighted by Gasteiger charge is -2.34. The third-order valence-electron chi connectivity index (χ3n) is 4.29. The van der Waals surface area contributed by atoms with Crippen LogP contribution in [-0.4, -0.2) is 54.9 Å². The van der Waals surface area contributed by atoms with E-state index in [1.54, 1.807) is 0 Å². The van der Waals surface area contributed by atoms with Crippen LogP contribution in [0.25, 0.3) is 0 Å². The number of rotatable bonds is 3. The lowest BCUT2D eigenvalue weighted by molar-refractivity contribution is 0.0495. The first-order valence-electron chi connectivity index (χ1n) is 8.27. The lowest BCUT2D eigenvalue weighted by atomic mass is 10.0. The van der Waals surface area contributed by atoms with Crippen LogP contribution in [0.5, 0.6) is 0 Å². The van der Waals surface area contributed by atoms with Gasteiger partial charge in [0, 0.05) is 24.7 Å². The summed E-state index contributed by atoms with van der Waals surface area (Å²) in [7, 11) is 2.18. The summed E-state index contributed by atoms with van der Waals surface area (Å²) in [5, 5.41) is 6.80. The highest BCUT2D eigenvalue weighted by molar-refractivity contribution is 5.68. The molecule has 5 heteroatoms. The fourth-order valence-electron chi connectivity index (χ4n) is 3.40. The zero-order chi connectivity index (χ0) is 15.5. The Morgan fingerprint density at radius 1 is 1.14 bits per heavy atom. The Balaban J connectivity index is 1.81. The summed E-state index contributed by atoms with van der Waals surface area (Å²) in [6.45, 7) is 8.00. The highest BCUT2D eigenvalue weighted by Crippen LogP contribution is 2.22. The molecule has 0 aromatic carbocycles. The number of carbonyl (C=O) groups excluding carboxylic acids is 1. The second-order valence-corrected chi connectivity index (χ2v) is 7.56. The van der Waals surface area contributed by atoms with Gasteiger partial charge < -0.3 is 20.3 Å². The summed E-state index contributed by atoms with van der Waals surface area (Å²) in [4.78, 5) is 14.3. The van der Waals surface area contributed by atoms with Crippen molar-refractivity contribution in [2.75, 3.05) is 20.1 Å². The van der Waals surface area contributed by atoms with E-state index in [2.05, 4.69) is 22.6 Å². The van der Waals surface area contributed by atoms with Gasteiger partial charge in [-0.25, -0.2) is 4.79 Å². The number of carbonyl (C=O) groups is 1. The fraction of sp³-hybridized carbons (Fsp3) is 0.938. The number of nitrogens with one attached hydrogen (secondary N) is 2. The highest BCUT2D eigenvalue weighted by atomic mass is 16.6. The molecule has 0 aromatic rings. The lowest BCUT2D eigenvalue weighted by Crippen LogP contribution is -2.54. The Morgan fingerprint density at radius 2 is 1.86 bits per heavy atom. The molecule has 2 fully saturated rings. The molecule has 0 radical (unpaired) electrons. The maximum Gasteiger partial charge on any atom is 0.407 e. The van der Waals surface area contributed by atoms with E-state index >= 15 is 0 Å². The van der Waals surface area contributed by atoms with E-state index in [4.69, 9.17) is 4.74 Å². The SMILES string of the molecule is CN1CCCC(NC2CCCC2NC(=O)OC(C)(C)C)C1. The first-order valence-corrected chi connectivity index (χ1v) is 8.27. The number of hydrogen-bond acceptors (Lipinski definition) is 4. The van der Waals surface area contributed by atoms with Crippen LogP contribution in [-0.2, 0) is 4.74 Å². The van der Waals surface area contributed by atoms with Crippen LogP contribution in [0, 0.1) is 0 Å². The maximum atomic E-state index is 11.9. The van der Waals surface area contributed by atoms with Crippen LogP contribution in [0.1, 0.15) is 52.9 Å². The molecule has 5 nitrogen and oxygen atoms in total. The van der Waals surface area contributed by atoms with E-state index in [0.29, 0.717) is 12.1 Å². The molecule has 1 saturated heterocycles. The number of amides is 1. The molecule has 1 aliphatic heterocycles. The van der Waals surface area contributed by atoms with Crippen LogP contribution in [0.15, 0.2) is 0 Å². The third-order valence-corrected chi connectivity index (χ3v) is 4.29. The van der Waals surface area contributed by atoms with Crippen LogP contribution < -0.4 is 10.6 Å². The van der Waals surface area contributed by atoms with Crippen LogP contribution in [0.2, 0.25) is 0 Å². The Morgan fingerprint density at radius 3 is 2.52 bits per heavy atom. The number of ether oxygens (including phenoxy) is 1. The topological polar surface area (TPSA) is 53.6 Å². The predicted octanol–water partition coefficient (Wildman–Crippen LogP) is 2.12. The summed E-state index contributed by atoms with van der Waals surface area (Å²) in [6.07, 6.45) is 5.55. The molecule has 2 rings (SSSR count). The molecule has 0 aromatic heterocycles. The predicted molar refractivity (Wildman–Crippen MR) is 84.5 cm³/mol. The van der Waals surface area contributed by atoms with Crippen molar-refractivity contribution in [3.8, 4) is 0 Å². The number of likely N-dealkylation sites (tertiary alicyclic amines) is 1. The van der Waals surface area contributed by atoms with Crippen molar-refractivity contribution in [2.24, 2.45) is 0 Å². The van der Waals surface area contributed by atoms with Gasteiger partial charge in [0.15, 0.2) is 0 Å². The van der Waals surface area contributed by atoms with E-state index in [0.717, 1.165) is 19.4 Å². The van der Waals surface area contributed by atoms with Crippen molar-refractivity contribution in [2.45, 2.75) is 76.6 Å². The molecule has 2 N–H and O–H groups in total.